The van der Waals surface area contributed by atoms with Crippen LogP contribution in [0.25, 0.3) is 43.6 Å². The number of hydrogen-bond donors (Lipinski definition) is 5. The zero-order valence-electron chi connectivity index (χ0n) is 30.1. The van der Waals surface area contributed by atoms with Crippen molar-refractivity contribution in [2.24, 2.45) is 0 Å². The summed E-state index contributed by atoms with van der Waals surface area (Å²) in [6, 6.07) is 22.8. The second kappa shape index (κ2) is 16.4. The van der Waals surface area contributed by atoms with E-state index in [2.05, 4.69) is 55.0 Å². The van der Waals surface area contributed by atoms with Crippen molar-refractivity contribution in [1.82, 2.24) is 9.88 Å². The maximum Gasteiger partial charge on any atom is 0.339 e. The second-order valence-electron chi connectivity index (χ2n) is 12.8. The fourth-order valence-electron chi connectivity index (χ4n) is 6.59. The normalized spacial score (nSPS) is 11.7. The quantitative estimate of drug-likeness (QED) is 0.0835. The topological polar surface area (TPSA) is 152 Å². The van der Waals surface area contributed by atoms with E-state index < -0.39 is 23.4 Å². The molecule has 1 atom stereocenters. The maximum atomic E-state index is 11.7. The number of pyridine rings is 1. The average Bonchev–Trinajstić information content (AvgIpc) is 3.13. The number of benzene rings is 5. The zero-order chi connectivity index (χ0) is 37.5. The van der Waals surface area contributed by atoms with Gasteiger partial charge < -0.3 is 35.4 Å². The fraction of sp³-hybridized carbons (Fsp3) is 0.262. The van der Waals surface area contributed by atoms with Crippen molar-refractivity contribution in [3.63, 3.8) is 0 Å². The van der Waals surface area contributed by atoms with Gasteiger partial charge in [-0.25, -0.2) is 9.59 Å². The zero-order valence-corrected chi connectivity index (χ0v) is 30.1. The Kier molecular flexibility index (Phi) is 11.8. The summed E-state index contributed by atoms with van der Waals surface area (Å²) in [4.78, 5) is 30.4. The molecule has 270 valence electrons. The van der Waals surface area contributed by atoms with Crippen LogP contribution in [-0.2, 0) is 0 Å². The lowest BCUT2D eigenvalue weighted by Crippen LogP contribution is -2.25. The molecule has 0 spiro atoms. The maximum absolute atomic E-state index is 11.7. The minimum Gasteiger partial charge on any atom is -0.506 e. The third-order valence-electron chi connectivity index (χ3n) is 9.43. The van der Waals surface area contributed by atoms with Crippen molar-refractivity contribution in [2.75, 3.05) is 32.1 Å². The Morgan fingerprint density at radius 2 is 1.35 bits per heavy atom. The van der Waals surface area contributed by atoms with Crippen LogP contribution in [0.4, 0.5) is 5.69 Å². The lowest BCUT2D eigenvalue weighted by molar-refractivity contribution is 0.0682. The first-order valence-electron chi connectivity index (χ1n) is 17.4. The molecule has 0 bridgehead atoms. The number of hydrogen-bond acceptors (Lipinski definition) is 8. The number of methoxy groups -OCH3 is 1. The lowest BCUT2D eigenvalue weighted by atomic mass is 9.89. The van der Waals surface area contributed by atoms with E-state index in [1.807, 2.05) is 12.3 Å². The van der Waals surface area contributed by atoms with Crippen LogP contribution in [0.3, 0.4) is 0 Å². The molecule has 1 heterocycles. The molecule has 0 amide bonds. The number of nitrogens with zero attached hydrogens (tertiary/aromatic N) is 2. The Hall–Kier alpha value is -5.87. The number of nitrogens with one attached hydrogen (secondary N) is 1. The minimum atomic E-state index is -1.33. The van der Waals surface area contributed by atoms with Gasteiger partial charge in [-0.1, -0.05) is 62.4 Å². The van der Waals surface area contributed by atoms with E-state index in [0.717, 1.165) is 48.4 Å². The van der Waals surface area contributed by atoms with Crippen LogP contribution >= 0.6 is 0 Å². The molecule has 10 nitrogen and oxygen atoms in total. The Morgan fingerprint density at radius 1 is 0.808 bits per heavy atom. The van der Waals surface area contributed by atoms with E-state index in [-0.39, 0.29) is 22.3 Å². The number of carbonyl (C=O) groups is 2. The van der Waals surface area contributed by atoms with Gasteiger partial charge >= 0.3 is 11.9 Å². The molecule has 1 aromatic heterocycles. The van der Waals surface area contributed by atoms with Crippen LogP contribution < -0.4 is 10.1 Å². The van der Waals surface area contributed by atoms with Crippen molar-refractivity contribution in [2.45, 2.75) is 46.6 Å². The number of aromatic carboxylic acids is 2. The summed E-state index contributed by atoms with van der Waals surface area (Å²) in [6.07, 6.45) is 4.21. The molecule has 1 unspecified atom stereocenters. The van der Waals surface area contributed by atoms with Crippen molar-refractivity contribution in [3.8, 4) is 28.4 Å². The van der Waals surface area contributed by atoms with Gasteiger partial charge in [0.05, 0.1) is 18.3 Å². The molecule has 0 fully saturated rings. The van der Waals surface area contributed by atoms with Crippen LogP contribution in [0.15, 0.2) is 85.1 Å². The Bertz CT molecular complexity index is 2150. The highest BCUT2D eigenvalue weighted by atomic mass is 16.5. The van der Waals surface area contributed by atoms with Gasteiger partial charge in [-0.3, -0.25) is 4.98 Å². The average molecular weight is 704 g/mol. The van der Waals surface area contributed by atoms with Gasteiger partial charge in [0.25, 0.3) is 0 Å². The molecule has 0 aliphatic carbocycles. The van der Waals surface area contributed by atoms with Crippen LogP contribution in [0.2, 0.25) is 0 Å². The number of carboxylic acids is 2. The molecule has 0 aliphatic heterocycles. The molecule has 5 aromatic carbocycles. The van der Waals surface area contributed by atoms with Crippen LogP contribution in [-0.4, -0.2) is 75.0 Å². The van der Waals surface area contributed by atoms with Crippen molar-refractivity contribution >= 4 is 50.1 Å². The first-order valence-corrected chi connectivity index (χ1v) is 17.4. The summed E-state index contributed by atoms with van der Waals surface area (Å²) in [5.74, 6) is -2.86. The van der Waals surface area contributed by atoms with Crippen molar-refractivity contribution in [1.29, 1.82) is 0 Å². The molecule has 6 aromatic rings. The highest BCUT2D eigenvalue weighted by molar-refractivity contribution is 6.15. The number of carboxylic acid groups (broad SMARTS) is 2. The molecular weight excluding hydrogens is 658 g/mol. The fourth-order valence-corrected chi connectivity index (χ4v) is 6.59. The summed E-state index contributed by atoms with van der Waals surface area (Å²) in [7, 11) is 1.71. The Labute approximate surface area is 302 Å². The first-order chi connectivity index (χ1) is 25.0. The first kappa shape index (κ1) is 37.4. The number of phenols is 2. The molecule has 10 heteroatoms. The molecule has 0 radical (unpaired) electrons. The Balaban J connectivity index is 0.000000204. The van der Waals surface area contributed by atoms with Gasteiger partial charge in [0.2, 0.25) is 0 Å². The third kappa shape index (κ3) is 7.87. The van der Waals surface area contributed by atoms with E-state index in [9.17, 15) is 30.0 Å². The Morgan fingerprint density at radius 3 is 1.85 bits per heavy atom. The number of aromatic nitrogens is 1. The van der Waals surface area contributed by atoms with Gasteiger partial charge in [0, 0.05) is 34.8 Å². The predicted octanol–water partition coefficient (Wildman–Crippen LogP) is 8.94. The van der Waals surface area contributed by atoms with Crippen LogP contribution in [0.1, 0.15) is 59.9 Å². The molecule has 5 N–H and O–H groups in total. The van der Waals surface area contributed by atoms with Crippen molar-refractivity contribution < 1.29 is 34.8 Å². The molecule has 0 aliphatic rings. The number of fused-ring (bicyclic) bond motifs is 3. The molecule has 0 saturated heterocycles. The van der Waals surface area contributed by atoms with E-state index in [1.54, 1.807) is 55.6 Å². The minimum absolute atomic E-state index is 0.0762. The molecule has 0 saturated carbocycles. The number of ether oxygens (including phenoxy) is 1. The van der Waals surface area contributed by atoms with Crippen LogP contribution in [0.5, 0.6) is 17.2 Å². The highest BCUT2D eigenvalue weighted by Crippen LogP contribution is 2.47. The van der Waals surface area contributed by atoms with E-state index in [0.29, 0.717) is 27.6 Å². The molecule has 52 heavy (non-hydrogen) atoms. The summed E-state index contributed by atoms with van der Waals surface area (Å²) in [5, 5.41) is 47.4. The number of anilines is 1. The summed E-state index contributed by atoms with van der Waals surface area (Å²) in [6.45, 7) is 12.2. The van der Waals surface area contributed by atoms with E-state index >= 15 is 0 Å². The summed E-state index contributed by atoms with van der Waals surface area (Å²) < 4.78 is 5.47. The van der Waals surface area contributed by atoms with Gasteiger partial charge in [0.1, 0.15) is 28.4 Å². The largest absolute Gasteiger partial charge is 0.506 e. The standard InChI is InChI=1S/C22H14O6.C20H31N3O/c23-19-15(21(25)26)9-11-5-1-3-7-13(11)17(19)18-14-8-4-2-6-12(14)10-16(20(18)24)22(27)28;1-6-23(7-2)12-8-9-16(4)22-19-14-17(24-5)13-18-15(3)10-11-21-20(18)19/h1-10,23-24H,(H,25,26)(H,27,28);10-11,13-14,16,22H,6-9,12H2,1-5H3. The van der Waals surface area contributed by atoms with E-state index in [1.165, 1.54) is 24.1 Å². The number of rotatable bonds is 12. The van der Waals surface area contributed by atoms with Gasteiger partial charge in [0.15, 0.2) is 0 Å². The summed E-state index contributed by atoms with van der Waals surface area (Å²) >= 11 is 0. The van der Waals surface area contributed by atoms with Crippen molar-refractivity contribution in [3.05, 3.63) is 102 Å². The van der Waals surface area contributed by atoms with E-state index in [4.69, 9.17) is 4.74 Å². The smallest absolute Gasteiger partial charge is 0.339 e. The SMILES string of the molecule is CCN(CC)CCCC(C)Nc1cc(OC)cc2c(C)ccnc12.O=C(O)c1cc2ccccc2c(-c2c(O)c(C(=O)O)cc3ccccc23)c1O. The number of aromatic hydroxyl groups is 2. The second-order valence-corrected chi connectivity index (χ2v) is 12.8. The van der Waals surface area contributed by atoms with Gasteiger partial charge in [-0.15, -0.1) is 0 Å². The number of aryl methyl sites for hydroxylation is 1. The van der Waals surface area contributed by atoms with Crippen LogP contribution in [0, 0.1) is 6.92 Å². The summed E-state index contributed by atoms with van der Waals surface area (Å²) in [5.41, 5.74) is 2.78. The lowest BCUT2D eigenvalue weighted by Gasteiger charge is -2.21. The van der Waals surface area contributed by atoms with Gasteiger partial charge in [-0.05, 0) is 97.7 Å². The monoisotopic (exact) mass is 703 g/mol. The third-order valence-corrected chi connectivity index (χ3v) is 9.43. The molecular formula is C42H45N3O7. The molecule has 6 rings (SSSR count). The highest BCUT2D eigenvalue weighted by Gasteiger charge is 2.25. The predicted molar refractivity (Wildman–Crippen MR) is 207 cm³/mol. The van der Waals surface area contributed by atoms with Gasteiger partial charge in [-0.2, -0.15) is 0 Å².